The van der Waals surface area contributed by atoms with Gasteiger partial charge in [-0.05, 0) is 36.3 Å². The summed E-state index contributed by atoms with van der Waals surface area (Å²) in [4.78, 5) is 1.26. The third kappa shape index (κ3) is 2.87. The third-order valence-corrected chi connectivity index (χ3v) is 5.63. The number of nitrogens with one attached hydrogen (secondary N) is 2. The number of fused-ring (bicyclic) bond motifs is 1. The first kappa shape index (κ1) is 18.6. The van der Waals surface area contributed by atoms with Crippen LogP contribution in [0.15, 0.2) is 35.9 Å². The number of benzene rings is 1. The van der Waals surface area contributed by atoms with Crippen molar-refractivity contribution in [2.24, 2.45) is 17.3 Å². The predicted octanol–water partition coefficient (Wildman–Crippen LogP) is 1.45. The second-order valence-electron chi connectivity index (χ2n) is 7.16. The van der Waals surface area contributed by atoms with Crippen molar-refractivity contribution in [1.29, 1.82) is 21.2 Å². The number of likely N-dealkylation sites (N-methyl/N-ethyl adjacent to an activating group) is 1. The van der Waals surface area contributed by atoms with Gasteiger partial charge >= 0.3 is 0 Å². The second-order valence-corrected chi connectivity index (χ2v) is 7.16. The maximum atomic E-state index is 9.98. The van der Waals surface area contributed by atoms with Gasteiger partial charge in [0.1, 0.15) is 11.7 Å². The molecular weight excluding hydrogens is 338 g/mol. The van der Waals surface area contributed by atoms with E-state index in [1.54, 1.807) is 0 Å². The van der Waals surface area contributed by atoms with Crippen LogP contribution in [0.1, 0.15) is 18.4 Å². The minimum Gasteiger partial charge on any atom is -0.494 e. The lowest BCUT2D eigenvalue weighted by atomic mass is 9.54. The number of hydrogen-bond acceptors (Lipinski definition) is 5. The Labute approximate surface area is 159 Å². The Morgan fingerprint density at radius 2 is 1.89 bits per heavy atom. The quantitative estimate of drug-likeness (QED) is 0.795. The van der Waals surface area contributed by atoms with Gasteiger partial charge < -0.3 is 15.0 Å². The van der Waals surface area contributed by atoms with Gasteiger partial charge in [0.2, 0.25) is 0 Å². The molecule has 0 saturated heterocycles. The molecule has 1 aliphatic heterocycles. The molecule has 136 valence electrons. The summed E-state index contributed by atoms with van der Waals surface area (Å²) >= 11 is 0. The molecule has 1 aliphatic carbocycles. The highest BCUT2D eigenvalue weighted by Gasteiger charge is 2.58. The Kier molecular flexibility index (Phi) is 5.00. The molecule has 0 bridgehead atoms. The molecule has 0 aromatic heterocycles. The van der Waals surface area contributed by atoms with Crippen LogP contribution in [0, 0.1) is 56.7 Å². The van der Waals surface area contributed by atoms with Crippen LogP contribution in [0.2, 0.25) is 0 Å². The molecule has 27 heavy (non-hydrogen) atoms. The minimum absolute atomic E-state index is 0.101. The maximum absolute atomic E-state index is 9.98. The summed E-state index contributed by atoms with van der Waals surface area (Å²) in [6, 6.07) is 13.8. The lowest BCUT2D eigenvalue weighted by molar-refractivity contribution is -0.878. The zero-order valence-electron chi connectivity index (χ0n) is 15.5. The molecular formula is C21H22N5O+. The molecule has 2 N–H and O–H groups in total. The van der Waals surface area contributed by atoms with Gasteiger partial charge in [-0.25, -0.2) is 0 Å². The van der Waals surface area contributed by atoms with Gasteiger partial charge in [0.15, 0.2) is 5.41 Å². The molecule has 1 heterocycles. The van der Waals surface area contributed by atoms with E-state index in [2.05, 4.69) is 25.3 Å². The Hall–Kier alpha value is -3.14. The summed E-state index contributed by atoms with van der Waals surface area (Å²) < 4.78 is 5.50. The molecule has 1 aromatic rings. The molecule has 6 heteroatoms. The molecule has 1 unspecified atom stereocenters. The van der Waals surface area contributed by atoms with E-state index in [0.29, 0.717) is 6.61 Å². The molecule has 6 nitrogen and oxygen atoms in total. The van der Waals surface area contributed by atoms with Gasteiger partial charge in [-0.1, -0.05) is 12.1 Å². The van der Waals surface area contributed by atoms with Gasteiger partial charge in [0.25, 0.3) is 0 Å². The summed E-state index contributed by atoms with van der Waals surface area (Å²) in [6.45, 7) is 3.97. The van der Waals surface area contributed by atoms with Crippen LogP contribution in [0.25, 0.3) is 0 Å². The van der Waals surface area contributed by atoms with Crippen molar-refractivity contribution in [1.82, 2.24) is 0 Å². The van der Waals surface area contributed by atoms with E-state index in [1.807, 2.05) is 37.3 Å². The molecule has 1 aromatic carbocycles. The van der Waals surface area contributed by atoms with Crippen LogP contribution in [0.4, 0.5) is 0 Å². The van der Waals surface area contributed by atoms with Crippen molar-refractivity contribution in [3.63, 3.8) is 0 Å². The van der Waals surface area contributed by atoms with Gasteiger partial charge in [-0.3, -0.25) is 0 Å². The Morgan fingerprint density at radius 3 is 2.44 bits per heavy atom. The molecule has 0 radical (unpaired) electrons. The van der Waals surface area contributed by atoms with Gasteiger partial charge in [0, 0.05) is 11.8 Å². The van der Waals surface area contributed by atoms with Crippen molar-refractivity contribution in [2.75, 3.05) is 26.7 Å². The standard InChI is InChI=1S/C21H21N5O/c1-3-27-15-6-4-14(5-7-15)19-18-11-26(2)9-8-16(18)17(10-22)20(25)21(19,12-23)13-24/h4-8,17-19,25H,3,9,11H2,1-2H3/p+1/t17-,18-,19-/m0/s1. The molecule has 1 saturated carbocycles. The van der Waals surface area contributed by atoms with Gasteiger partial charge in [-0.15, -0.1) is 0 Å². The number of hydrogen-bond donors (Lipinski definition) is 2. The smallest absolute Gasteiger partial charge is 0.189 e. The summed E-state index contributed by atoms with van der Waals surface area (Å²) in [7, 11) is 2.06. The first-order valence-corrected chi connectivity index (χ1v) is 9.07. The Balaban J connectivity index is 2.18. The number of nitrogens with zero attached hydrogens (tertiary/aromatic N) is 3. The molecule has 0 spiro atoms. The summed E-state index contributed by atoms with van der Waals surface area (Å²) in [5.41, 5.74) is -0.0370. The number of rotatable bonds is 3. The normalized spacial score (nSPS) is 28.7. The fraction of sp³-hybridized carbons (Fsp3) is 0.429. The highest BCUT2D eigenvalue weighted by Crippen LogP contribution is 2.52. The first-order chi connectivity index (χ1) is 13.0. The monoisotopic (exact) mass is 360 g/mol. The van der Waals surface area contributed by atoms with Crippen molar-refractivity contribution in [3.05, 3.63) is 41.5 Å². The summed E-state index contributed by atoms with van der Waals surface area (Å²) in [6.07, 6.45) is 2.02. The minimum atomic E-state index is -1.65. The van der Waals surface area contributed by atoms with Gasteiger partial charge in [-0.2, -0.15) is 15.8 Å². The van der Waals surface area contributed by atoms with Crippen molar-refractivity contribution >= 4 is 5.71 Å². The topological polar surface area (TPSA) is 109 Å². The zero-order valence-corrected chi connectivity index (χ0v) is 15.5. The highest BCUT2D eigenvalue weighted by molar-refractivity contribution is 6.00. The fourth-order valence-corrected chi connectivity index (χ4v) is 4.37. The van der Waals surface area contributed by atoms with E-state index >= 15 is 0 Å². The summed E-state index contributed by atoms with van der Waals surface area (Å²) in [5.74, 6) is -0.693. The van der Waals surface area contributed by atoms with Crippen LogP contribution in [-0.2, 0) is 0 Å². The lowest BCUT2D eigenvalue weighted by Gasteiger charge is -2.46. The van der Waals surface area contributed by atoms with E-state index in [4.69, 9.17) is 10.1 Å². The van der Waals surface area contributed by atoms with E-state index < -0.39 is 17.3 Å². The van der Waals surface area contributed by atoms with Crippen LogP contribution in [0.5, 0.6) is 5.75 Å². The number of nitriles is 3. The highest BCUT2D eigenvalue weighted by atomic mass is 16.5. The molecule has 3 rings (SSSR count). The van der Waals surface area contributed by atoms with Crippen LogP contribution in [-0.4, -0.2) is 32.5 Å². The van der Waals surface area contributed by atoms with Crippen molar-refractivity contribution in [3.8, 4) is 24.0 Å². The molecule has 1 fully saturated rings. The largest absolute Gasteiger partial charge is 0.494 e. The Bertz CT molecular complexity index is 882. The number of ether oxygens (including phenoxy) is 1. The Morgan fingerprint density at radius 1 is 1.22 bits per heavy atom. The number of quaternary nitrogens is 1. The molecule has 2 aliphatic rings. The second kappa shape index (κ2) is 7.23. The average molecular weight is 360 g/mol. The zero-order chi connectivity index (χ0) is 19.6. The average Bonchev–Trinajstić information content (AvgIpc) is 2.68. The molecule has 4 atom stereocenters. The van der Waals surface area contributed by atoms with E-state index in [-0.39, 0.29) is 11.6 Å². The van der Waals surface area contributed by atoms with Gasteiger partial charge in [0.05, 0.1) is 50.7 Å². The third-order valence-electron chi connectivity index (χ3n) is 5.63. The predicted molar refractivity (Wildman–Crippen MR) is 99.0 cm³/mol. The van der Waals surface area contributed by atoms with Crippen LogP contribution < -0.4 is 9.64 Å². The van der Waals surface area contributed by atoms with E-state index in [0.717, 1.165) is 30.0 Å². The fourth-order valence-electron chi connectivity index (χ4n) is 4.37. The first-order valence-electron chi connectivity index (χ1n) is 9.07. The van der Waals surface area contributed by atoms with Crippen LogP contribution in [0.3, 0.4) is 0 Å². The molecule has 0 amide bonds. The van der Waals surface area contributed by atoms with Crippen molar-refractivity contribution in [2.45, 2.75) is 12.8 Å². The van der Waals surface area contributed by atoms with Crippen LogP contribution >= 0.6 is 0 Å². The SMILES string of the molecule is CCOc1ccc([C@H]2[C@H]3C[NH+](C)CC=C3[C@H](C#N)C(=N)C2(C#N)C#N)cc1. The lowest BCUT2D eigenvalue weighted by Crippen LogP contribution is -3.10. The van der Waals surface area contributed by atoms with E-state index in [1.165, 1.54) is 4.90 Å². The van der Waals surface area contributed by atoms with Crippen molar-refractivity contribution < 1.29 is 9.64 Å². The van der Waals surface area contributed by atoms with E-state index in [9.17, 15) is 15.8 Å². The maximum Gasteiger partial charge on any atom is 0.189 e. The summed E-state index contributed by atoms with van der Waals surface area (Å²) in [5, 5.41) is 38.2.